The van der Waals surface area contributed by atoms with Gasteiger partial charge in [0.1, 0.15) is 0 Å². The zero-order chi connectivity index (χ0) is 14.2. The summed E-state index contributed by atoms with van der Waals surface area (Å²) in [7, 11) is 1.65. The van der Waals surface area contributed by atoms with E-state index in [0.717, 1.165) is 18.8 Å². The molecule has 0 unspecified atom stereocenters. The molecule has 0 aromatic rings. The predicted octanol–water partition coefficient (Wildman–Crippen LogP) is 3.37. The second-order valence-electron chi connectivity index (χ2n) is 6.38. The quantitative estimate of drug-likeness (QED) is 0.637. The first-order chi connectivity index (χ1) is 8.19. The molecule has 0 aliphatic carbocycles. The Balaban J connectivity index is 3.88. The molecule has 0 aliphatic heterocycles. The molecular weight excluding hydrogens is 248 g/mol. The summed E-state index contributed by atoms with van der Waals surface area (Å²) >= 11 is 1.35. The molecule has 0 heterocycles. The first kappa shape index (κ1) is 17.9. The molecule has 0 bridgehead atoms. The summed E-state index contributed by atoms with van der Waals surface area (Å²) in [6.45, 7) is 12.4. The smallest absolute Gasteiger partial charge is 0.194 e. The standard InChI is InChI=1S/C14H28O3S/c1-13(2,3)11-17-8-7-14(4,5)12(15)18-10-9-16-6/h7-11H2,1-6H3. The Morgan fingerprint density at radius 3 is 2.22 bits per heavy atom. The number of methoxy groups -OCH3 is 1. The highest BCUT2D eigenvalue weighted by Crippen LogP contribution is 2.28. The largest absolute Gasteiger partial charge is 0.384 e. The van der Waals surface area contributed by atoms with Gasteiger partial charge in [0.15, 0.2) is 5.12 Å². The van der Waals surface area contributed by atoms with E-state index in [1.165, 1.54) is 11.8 Å². The number of rotatable bonds is 8. The third kappa shape index (κ3) is 8.95. The Labute approximate surface area is 116 Å². The topological polar surface area (TPSA) is 35.5 Å². The van der Waals surface area contributed by atoms with Crippen molar-refractivity contribution in [2.45, 2.75) is 41.0 Å². The number of thioether (sulfide) groups is 1. The highest BCUT2D eigenvalue weighted by molar-refractivity contribution is 8.13. The molecule has 0 fully saturated rings. The number of hydrogen-bond acceptors (Lipinski definition) is 4. The lowest BCUT2D eigenvalue weighted by molar-refractivity contribution is -0.119. The molecule has 0 rings (SSSR count). The van der Waals surface area contributed by atoms with Gasteiger partial charge in [0.2, 0.25) is 0 Å². The van der Waals surface area contributed by atoms with Crippen molar-refractivity contribution in [3.05, 3.63) is 0 Å². The van der Waals surface area contributed by atoms with Gasteiger partial charge in [0, 0.05) is 24.9 Å². The summed E-state index contributed by atoms with van der Waals surface area (Å²) in [5.41, 5.74) is -0.141. The fourth-order valence-corrected chi connectivity index (χ4v) is 2.15. The zero-order valence-electron chi connectivity index (χ0n) is 12.7. The molecule has 3 nitrogen and oxygen atoms in total. The fraction of sp³-hybridized carbons (Fsp3) is 0.929. The van der Waals surface area contributed by atoms with Crippen molar-refractivity contribution >= 4 is 16.9 Å². The van der Waals surface area contributed by atoms with E-state index in [4.69, 9.17) is 9.47 Å². The van der Waals surface area contributed by atoms with Crippen LogP contribution in [-0.4, -0.2) is 37.8 Å². The second-order valence-corrected chi connectivity index (χ2v) is 7.44. The summed E-state index contributed by atoms with van der Waals surface area (Å²) in [6.07, 6.45) is 0.766. The van der Waals surface area contributed by atoms with Crippen molar-refractivity contribution in [3.63, 3.8) is 0 Å². The Kier molecular flexibility index (Phi) is 8.15. The lowest BCUT2D eigenvalue weighted by Crippen LogP contribution is -2.25. The van der Waals surface area contributed by atoms with Crippen LogP contribution in [0.5, 0.6) is 0 Å². The number of hydrogen-bond donors (Lipinski definition) is 0. The van der Waals surface area contributed by atoms with E-state index >= 15 is 0 Å². The van der Waals surface area contributed by atoms with Gasteiger partial charge in [0.25, 0.3) is 0 Å². The molecular formula is C14H28O3S. The highest BCUT2D eigenvalue weighted by atomic mass is 32.2. The summed E-state index contributed by atoms with van der Waals surface area (Å²) in [5, 5.41) is 0.221. The van der Waals surface area contributed by atoms with Crippen molar-refractivity contribution in [2.24, 2.45) is 10.8 Å². The number of carbonyl (C=O) groups is 1. The first-order valence-electron chi connectivity index (χ1n) is 6.43. The fourth-order valence-electron chi connectivity index (χ4n) is 1.22. The molecule has 0 N–H and O–H groups in total. The van der Waals surface area contributed by atoms with Crippen LogP contribution in [0, 0.1) is 10.8 Å². The third-order valence-electron chi connectivity index (χ3n) is 2.48. The van der Waals surface area contributed by atoms with Gasteiger partial charge in [-0.1, -0.05) is 46.4 Å². The van der Waals surface area contributed by atoms with E-state index in [1.807, 2.05) is 13.8 Å². The van der Waals surface area contributed by atoms with Gasteiger partial charge >= 0.3 is 0 Å². The van der Waals surface area contributed by atoms with Gasteiger partial charge in [-0.15, -0.1) is 0 Å². The molecule has 0 saturated heterocycles. The molecule has 0 spiro atoms. The van der Waals surface area contributed by atoms with Crippen LogP contribution in [0.2, 0.25) is 0 Å². The molecule has 0 aliphatic rings. The third-order valence-corrected chi connectivity index (χ3v) is 3.67. The normalized spacial score (nSPS) is 12.8. The van der Waals surface area contributed by atoms with Gasteiger partial charge in [-0.2, -0.15) is 0 Å². The van der Waals surface area contributed by atoms with Crippen molar-refractivity contribution in [3.8, 4) is 0 Å². The lowest BCUT2D eigenvalue weighted by Gasteiger charge is -2.24. The second kappa shape index (κ2) is 8.18. The van der Waals surface area contributed by atoms with Gasteiger partial charge in [-0.3, -0.25) is 4.79 Å². The molecule has 18 heavy (non-hydrogen) atoms. The van der Waals surface area contributed by atoms with Gasteiger partial charge < -0.3 is 9.47 Å². The van der Waals surface area contributed by atoms with Crippen molar-refractivity contribution in [1.82, 2.24) is 0 Å². The molecule has 0 aromatic carbocycles. The van der Waals surface area contributed by atoms with Crippen LogP contribution in [0.25, 0.3) is 0 Å². The van der Waals surface area contributed by atoms with Crippen LogP contribution in [0.4, 0.5) is 0 Å². The Hall–Kier alpha value is -0.0600. The van der Waals surface area contributed by atoms with Gasteiger partial charge in [-0.05, 0) is 11.8 Å². The van der Waals surface area contributed by atoms with Crippen LogP contribution >= 0.6 is 11.8 Å². The molecule has 4 heteroatoms. The molecule has 108 valence electrons. The maximum Gasteiger partial charge on any atom is 0.194 e. The Morgan fingerprint density at radius 1 is 1.11 bits per heavy atom. The van der Waals surface area contributed by atoms with E-state index in [1.54, 1.807) is 7.11 Å². The van der Waals surface area contributed by atoms with Crippen LogP contribution < -0.4 is 0 Å². The van der Waals surface area contributed by atoms with E-state index in [9.17, 15) is 4.79 Å². The van der Waals surface area contributed by atoms with Crippen molar-refractivity contribution < 1.29 is 14.3 Å². The van der Waals surface area contributed by atoms with Gasteiger partial charge in [-0.25, -0.2) is 0 Å². The average molecular weight is 276 g/mol. The van der Waals surface area contributed by atoms with Crippen LogP contribution in [0.1, 0.15) is 41.0 Å². The van der Waals surface area contributed by atoms with Crippen LogP contribution in [-0.2, 0) is 14.3 Å². The summed E-state index contributed by atoms with van der Waals surface area (Å²) in [6, 6.07) is 0. The van der Waals surface area contributed by atoms with Gasteiger partial charge in [0.05, 0.1) is 13.2 Å². The Morgan fingerprint density at radius 2 is 1.72 bits per heavy atom. The summed E-state index contributed by atoms with van der Waals surface area (Å²) in [5.74, 6) is 0.724. The SMILES string of the molecule is COCCSC(=O)C(C)(C)CCOCC(C)(C)C. The lowest BCUT2D eigenvalue weighted by atomic mass is 9.91. The van der Waals surface area contributed by atoms with Crippen LogP contribution in [0.15, 0.2) is 0 Å². The monoisotopic (exact) mass is 276 g/mol. The number of ether oxygens (including phenoxy) is 2. The average Bonchev–Trinajstić information content (AvgIpc) is 2.23. The minimum atomic E-state index is -0.323. The molecule has 0 saturated carbocycles. The van der Waals surface area contributed by atoms with E-state index in [0.29, 0.717) is 13.2 Å². The predicted molar refractivity (Wildman–Crippen MR) is 78.0 cm³/mol. The minimum Gasteiger partial charge on any atom is -0.384 e. The molecule has 0 amide bonds. The van der Waals surface area contributed by atoms with Crippen LogP contribution in [0.3, 0.4) is 0 Å². The maximum atomic E-state index is 12.0. The molecule has 0 radical (unpaired) electrons. The van der Waals surface area contributed by atoms with E-state index < -0.39 is 0 Å². The van der Waals surface area contributed by atoms with Crippen molar-refractivity contribution in [2.75, 3.05) is 32.7 Å². The minimum absolute atomic E-state index is 0.182. The maximum absolute atomic E-state index is 12.0. The van der Waals surface area contributed by atoms with E-state index in [-0.39, 0.29) is 15.9 Å². The van der Waals surface area contributed by atoms with Crippen molar-refractivity contribution in [1.29, 1.82) is 0 Å². The first-order valence-corrected chi connectivity index (χ1v) is 7.41. The van der Waals surface area contributed by atoms with E-state index in [2.05, 4.69) is 20.8 Å². The highest BCUT2D eigenvalue weighted by Gasteiger charge is 2.27. The Bertz CT molecular complexity index is 244. The summed E-state index contributed by atoms with van der Waals surface area (Å²) < 4.78 is 10.6. The zero-order valence-corrected chi connectivity index (χ0v) is 13.5. The molecule has 0 aromatic heterocycles. The summed E-state index contributed by atoms with van der Waals surface area (Å²) in [4.78, 5) is 12.0. The molecule has 0 atom stereocenters. The number of carbonyl (C=O) groups excluding carboxylic acids is 1.